The molecule has 8 heteroatoms. The minimum Gasteiger partial charge on any atom is -0.285 e. The topological polar surface area (TPSA) is 64.4 Å². The lowest BCUT2D eigenvalue weighted by atomic mass is 10.2. The van der Waals surface area contributed by atoms with Crippen LogP contribution in [-0.2, 0) is 10.0 Å². The summed E-state index contributed by atoms with van der Waals surface area (Å²) >= 11 is 11.8. The number of piperazine rings is 1. The number of rotatable bonds is 2. The first-order valence-corrected chi connectivity index (χ1v) is 8.73. The van der Waals surface area contributed by atoms with E-state index in [2.05, 4.69) is 6.07 Å². The van der Waals surface area contributed by atoms with E-state index in [1.54, 1.807) is 0 Å². The van der Waals surface area contributed by atoms with Crippen molar-refractivity contribution in [2.75, 3.05) is 19.6 Å². The number of hydrogen-bond acceptors (Lipinski definition) is 4. The second-order valence-electron chi connectivity index (χ2n) is 5.26. The van der Waals surface area contributed by atoms with Crippen LogP contribution in [0, 0.1) is 11.3 Å². The lowest BCUT2D eigenvalue weighted by Crippen LogP contribution is -2.53. The smallest absolute Gasteiger partial charge is 0.243 e. The molecule has 0 aromatic heterocycles. The van der Waals surface area contributed by atoms with Crippen molar-refractivity contribution in [2.24, 2.45) is 0 Å². The van der Waals surface area contributed by atoms with E-state index in [-0.39, 0.29) is 27.5 Å². The van der Waals surface area contributed by atoms with Gasteiger partial charge in [0.15, 0.2) is 0 Å². The van der Waals surface area contributed by atoms with Crippen molar-refractivity contribution in [2.45, 2.75) is 23.4 Å². The van der Waals surface area contributed by atoms with Gasteiger partial charge in [-0.1, -0.05) is 23.2 Å². The lowest BCUT2D eigenvalue weighted by Gasteiger charge is -2.36. The molecule has 1 aromatic rings. The van der Waals surface area contributed by atoms with Crippen molar-refractivity contribution in [3.8, 4) is 6.07 Å². The van der Waals surface area contributed by atoms with Crippen LogP contribution >= 0.6 is 23.2 Å². The molecule has 3 unspecified atom stereocenters. The monoisotopic (exact) mass is 345 g/mol. The minimum atomic E-state index is -3.70. The summed E-state index contributed by atoms with van der Waals surface area (Å²) in [6, 6.07) is 5.98. The number of nitrogens with zero attached hydrogens (tertiary/aromatic N) is 3. The Morgan fingerprint density at radius 2 is 1.86 bits per heavy atom. The number of sulfonamides is 1. The molecular weight excluding hydrogens is 333 g/mol. The fraction of sp³-hybridized carbons (Fsp3) is 0.462. The zero-order chi connectivity index (χ0) is 15.2. The van der Waals surface area contributed by atoms with E-state index in [9.17, 15) is 13.7 Å². The highest BCUT2D eigenvalue weighted by atomic mass is 35.5. The minimum absolute atomic E-state index is 0.0806. The molecule has 2 bridgehead atoms. The van der Waals surface area contributed by atoms with Crippen LogP contribution in [0.1, 0.15) is 6.42 Å². The maximum atomic E-state index is 12.8. The van der Waals surface area contributed by atoms with Gasteiger partial charge in [-0.2, -0.15) is 9.57 Å². The second-order valence-corrected chi connectivity index (χ2v) is 8.03. The Morgan fingerprint density at radius 3 is 2.48 bits per heavy atom. The van der Waals surface area contributed by atoms with Crippen molar-refractivity contribution in [1.29, 1.82) is 5.26 Å². The Kier molecular flexibility index (Phi) is 3.89. The maximum Gasteiger partial charge on any atom is 0.243 e. The van der Waals surface area contributed by atoms with E-state index in [4.69, 9.17) is 23.2 Å². The third-order valence-corrected chi connectivity index (χ3v) is 6.32. The molecule has 1 aromatic carbocycles. The molecular formula is C13H13Cl2N3O2S. The molecule has 0 spiro atoms. The van der Waals surface area contributed by atoms with Gasteiger partial charge < -0.3 is 0 Å². The molecule has 2 heterocycles. The summed E-state index contributed by atoms with van der Waals surface area (Å²) in [5.41, 5.74) is 0. The number of fused-ring (bicyclic) bond motifs is 2. The first kappa shape index (κ1) is 15.1. The van der Waals surface area contributed by atoms with E-state index < -0.39 is 16.1 Å². The number of benzene rings is 1. The summed E-state index contributed by atoms with van der Waals surface area (Å²) in [4.78, 5) is 2.11. The van der Waals surface area contributed by atoms with Crippen molar-refractivity contribution in [3.63, 3.8) is 0 Å². The molecule has 0 amide bonds. The summed E-state index contributed by atoms with van der Waals surface area (Å²) in [7, 11) is -3.70. The number of nitriles is 1. The molecule has 0 N–H and O–H groups in total. The fourth-order valence-corrected chi connectivity index (χ4v) is 5.33. The highest BCUT2D eigenvalue weighted by molar-refractivity contribution is 7.89. The summed E-state index contributed by atoms with van der Waals surface area (Å²) < 4.78 is 27.1. The van der Waals surface area contributed by atoms with Gasteiger partial charge in [-0.15, -0.1) is 0 Å². The van der Waals surface area contributed by atoms with Gasteiger partial charge in [0.1, 0.15) is 6.04 Å². The molecule has 3 atom stereocenters. The first-order valence-electron chi connectivity index (χ1n) is 6.53. The summed E-state index contributed by atoms with van der Waals surface area (Å²) in [5.74, 6) is 0. The van der Waals surface area contributed by atoms with Crippen molar-refractivity contribution in [1.82, 2.24) is 9.21 Å². The van der Waals surface area contributed by atoms with Crippen LogP contribution < -0.4 is 0 Å². The zero-order valence-electron chi connectivity index (χ0n) is 11.0. The summed E-state index contributed by atoms with van der Waals surface area (Å²) in [6.45, 7) is 1.55. The van der Waals surface area contributed by atoms with Gasteiger partial charge in [-0.3, -0.25) is 4.90 Å². The van der Waals surface area contributed by atoms with Gasteiger partial charge in [0.05, 0.1) is 11.0 Å². The fourth-order valence-electron chi connectivity index (χ4n) is 2.95. The van der Waals surface area contributed by atoms with E-state index in [1.807, 2.05) is 4.90 Å². The average Bonchev–Trinajstić information content (AvgIpc) is 2.81. The molecule has 2 aliphatic rings. The lowest BCUT2D eigenvalue weighted by molar-refractivity contribution is 0.176. The van der Waals surface area contributed by atoms with Gasteiger partial charge in [0.2, 0.25) is 10.0 Å². The predicted octanol–water partition coefficient (Wildman–Crippen LogP) is 1.96. The molecule has 5 nitrogen and oxygen atoms in total. The molecule has 2 fully saturated rings. The molecule has 112 valence electrons. The molecule has 0 saturated carbocycles. The Labute approximate surface area is 133 Å². The van der Waals surface area contributed by atoms with Crippen LogP contribution in [0.5, 0.6) is 0 Å². The standard InChI is InChI=1S/C13H13Cl2N3O2S/c14-9-3-10(15)5-13(4-9)21(19,20)18-8-12(6-16)17-2-1-11(18)7-17/h3-5,11-12H,1-2,7-8H2. The highest BCUT2D eigenvalue weighted by Gasteiger charge is 2.44. The van der Waals surface area contributed by atoms with Gasteiger partial charge in [-0.05, 0) is 24.6 Å². The Balaban J connectivity index is 2.00. The van der Waals surface area contributed by atoms with Crippen molar-refractivity contribution in [3.05, 3.63) is 28.2 Å². The van der Waals surface area contributed by atoms with Crippen LogP contribution in [0.4, 0.5) is 0 Å². The molecule has 0 aliphatic carbocycles. The largest absolute Gasteiger partial charge is 0.285 e. The third kappa shape index (κ3) is 2.65. The van der Waals surface area contributed by atoms with Crippen molar-refractivity contribution < 1.29 is 8.42 Å². The number of halogens is 2. The molecule has 0 radical (unpaired) electrons. The summed E-state index contributed by atoms with van der Waals surface area (Å²) in [6.07, 6.45) is 0.742. The average molecular weight is 346 g/mol. The quantitative estimate of drug-likeness (QED) is 0.821. The molecule has 21 heavy (non-hydrogen) atoms. The van der Waals surface area contributed by atoms with Crippen LogP contribution in [0.2, 0.25) is 10.0 Å². The highest BCUT2D eigenvalue weighted by Crippen LogP contribution is 2.32. The van der Waals surface area contributed by atoms with Gasteiger partial charge in [0, 0.05) is 35.7 Å². The van der Waals surface area contributed by atoms with E-state index in [0.29, 0.717) is 6.54 Å². The SMILES string of the molecule is N#CC1CN(S(=O)(=O)c2cc(Cl)cc(Cl)c2)C2CCN1C2. The maximum absolute atomic E-state index is 12.8. The van der Waals surface area contributed by atoms with E-state index in [1.165, 1.54) is 22.5 Å². The first-order chi connectivity index (χ1) is 9.91. The Bertz CT molecular complexity index is 696. The van der Waals surface area contributed by atoms with Gasteiger partial charge in [0.25, 0.3) is 0 Å². The summed E-state index contributed by atoms with van der Waals surface area (Å²) in [5, 5.41) is 9.76. The number of hydrogen-bond donors (Lipinski definition) is 0. The van der Waals surface area contributed by atoms with Crippen LogP contribution in [0.15, 0.2) is 23.1 Å². The molecule has 2 aliphatic heterocycles. The van der Waals surface area contributed by atoms with E-state index in [0.717, 1.165) is 13.0 Å². The van der Waals surface area contributed by atoms with Crippen LogP contribution in [0.25, 0.3) is 0 Å². The molecule has 2 saturated heterocycles. The van der Waals surface area contributed by atoms with Gasteiger partial charge >= 0.3 is 0 Å². The van der Waals surface area contributed by atoms with Crippen LogP contribution in [-0.4, -0.2) is 49.3 Å². The third-order valence-electron chi connectivity index (χ3n) is 3.99. The Morgan fingerprint density at radius 1 is 1.19 bits per heavy atom. The van der Waals surface area contributed by atoms with Crippen LogP contribution in [0.3, 0.4) is 0 Å². The Hall–Kier alpha value is -0.840. The predicted molar refractivity (Wildman–Crippen MR) is 79.7 cm³/mol. The normalized spacial score (nSPS) is 29.3. The molecule has 3 rings (SSSR count). The van der Waals surface area contributed by atoms with Crippen molar-refractivity contribution >= 4 is 33.2 Å². The van der Waals surface area contributed by atoms with Gasteiger partial charge in [-0.25, -0.2) is 8.42 Å². The second kappa shape index (κ2) is 5.41. The van der Waals surface area contributed by atoms with E-state index >= 15 is 0 Å². The zero-order valence-corrected chi connectivity index (χ0v) is 13.4.